The number of fused-ring (bicyclic) bond motifs is 2. The van der Waals surface area contributed by atoms with Crippen LogP contribution in [0.25, 0.3) is 21.5 Å². The van der Waals surface area contributed by atoms with Gasteiger partial charge in [-0.05, 0) is 72.1 Å². The lowest BCUT2D eigenvalue weighted by Crippen LogP contribution is -2.15. The third-order valence-electron chi connectivity index (χ3n) is 8.72. The van der Waals surface area contributed by atoms with Crippen molar-refractivity contribution in [2.45, 2.75) is 19.6 Å². The second-order valence-electron chi connectivity index (χ2n) is 12.9. The third kappa shape index (κ3) is 11.2. The number of nitrogens with zero attached hydrogens (tertiary/aromatic N) is 7. The molecule has 0 fully saturated rings. The van der Waals surface area contributed by atoms with Gasteiger partial charge < -0.3 is 15.9 Å². The molecule has 66 heavy (non-hydrogen) atoms. The highest BCUT2D eigenvalue weighted by Gasteiger charge is 2.26. The minimum absolute atomic E-state index is 0.0339. The Balaban J connectivity index is 1.44. The van der Waals surface area contributed by atoms with E-state index < -0.39 is 107 Å². The van der Waals surface area contributed by atoms with Crippen molar-refractivity contribution in [1.29, 1.82) is 0 Å². The molecule has 0 aliphatic carbocycles. The number of nitrogens with two attached hydrogens (primary N) is 1. The molecule has 0 saturated carbocycles. The smallest absolute Gasteiger partial charge is 0.397 e. The highest BCUT2D eigenvalue weighted by atomic mass is 32.3. The summed E-state index contributed by atoms with van der Waals surface area (Å²) in [5.41, 5.74) is 3.50. The normalized spacial score (nSPS) is 12.9. The van der Waals surface area contributed by atoms with Crippen molar-refractivity contribution < 1.29 is 81.3 Å². The maximum absolute atomic E-state index is 12.7. The van der Waals surface area contributed by atoms with Crippen LogP contribution in [-0.2, 0) is 54.0 Å². The highest BCUT2D eigenvalue weighted by molar-refractivity contribution is 7.94. The van der Waals surface area contributed by atoms with Crippen LogP contribution in [0.4, 0.5) is 45.5 Å². The Morgan fingerprint density at radius 2 is 1.29 bits per heavy atom. The van der Waals surface area contributed by atoms with Crippen LogP contribution >= 0.6 is 12.0 Å². The molecule has 346 valence electrons. The number of aromatic hydroxyl groups is 2. The maximum atomic E-state index is 12.7. The van der Waals surface area contributed by atoms with E-state index >= 15 is 0 Å². The van der Waals surface area contributed by atoms with Gasteiger partial charge in [-0.25, -0.2) is 17.9 Å². The van der Waals surface area contributed by atoms with Crippen molar-refractivity contribution in [1.82, 2.24) is 0 Å². The van der Waals surface area contributed by atoms with Gasteiger partial charge in [0, 0.05) is 16.8 Å². The van der Waals surface area contributed by atoms with E-state index in [-0.39, 0.29) is 60.7 Å². The van der Waals surface area contributed by atoms with Gasteiger partial charge in [-0.2, -0.15) is 30.4 Å². The van der Waals surface area contributed by atoms with Crippen LogP contribution in [0, 0.1) is 10.1 Å². The Bertz CT molecular complexity index is 3500. The Morgan fingerprint density at radius 1 is 0.682 bits per heavy atom. The predicted molar refractivity (Wildman–Crippen MR) is 228 cm³/mol. The summed E-state index contributed by atoms with van der Waals surface area (Å²) in [6.07, 6.45) is 0. The zero-order valence-corrected chi connectivity index (χ0v) is 36.3. The number of hydrogen-bond acceptors (Lipinski definition) is 24. The standard InChI is InChI=1S/C34H26N8O19S5/c35-31-30-17(13-28(62-61-60-47)32(34(30)44)40-39-26-8-3-19(42(45)46)15-27(26)43)14-29(65(53,54)55)33(31)41-38-25-10-9-24(22-7-6-21(16-23(22)25)64(50,51)52)37-36-18-1-4-20(5-2-18)63(48,49)12-11-59-66(56,57)58/h1-10,13-16,43-44,47H,11-12,35H2,(H,50,51,52)(H,53,54,55)(H,56,57,58). The molecule has 6 aromatic rings. The van der Waals surface area contributed by atoms with Gasteiger partial charge in [0.05, 0.1) is 78.2 Å². The zero-order chi connectivity index (χ0) is 48.4. The molecule has 0 spiro atoms. The maximum Gasteiger partial charge on any atom is 0.397 e. The van der Waals surface area contributed by atoms with E-state index in [1.54, 1.807) is 0 Å². The van der Waals surface area contributed by atoms with E-state index in [9.17, 15) is 63.1 Å². The Morgan fingerprint density at radius 3 is 1.89 bits per heavy atom. The van der Waals surface area contributed by atoms with Gasteiger partial charge in [-0.3, -0.25) is 23.8 Å². The van der Waals surface area contributed by atoms with Crippen LogP contribution < -0.4 is 5.73 Å². The van der Waals surface area contributed by atoms with Crippen molar-refractivity contribution in [2.75, 3.05) is 18.1 Å². The van der Waals surface area contributed by atoms with Crippen LogP contribution in [0.2, 0.25) is 0 Å². The van der Waals surface area contributed by atoms with Gasteiger partial charge in [-0.15, -0.1) is 29.9 Å². The molecular weight excluding hydrogens is 985 g/mol. The van der Waals surface area contributed by atoms with Crippen molar-refractivity contribution in [3.63, 3.8) is 0 Å². The number of benzene rings is 6. The van der Waals surface area contributed by atoms with E-state index in [1.165, 1.54) is 30.3 Å². The number of rotatable bonds is 17. The summed E-state index contributed by atoms with van der Waals surface area (Å²) in [7, 11) is -19.0. The fraction of sp³-hybridized carbons (Fsp3) is 0.0588. The van der Waals surface area contributed by atoms with Gasteiger partial charge in [0.2, 0.25) is 0 Å². The van der Waals surface area contributed by atoms with Gasteiger partial charge in [0.1, 0.15) is 27.7 Å². The number of nitro benzene ring substituents is 1. The number of nitro groups is 1. The highest BCUT2D eigenvalue weighted by Crippen LogP contribution is 2.50. The number of nitrogen functional groups attached to an aromatic ring is 1. The van der Waals surface area contributed by atoms with Crippen LogP contribution in [-0.4, -0.2) is 80.1 Å². The molecule has 0 atom stereocenters. The Labute approximate surface area is 374 Å². The molecule has 0 heterocycles. The number of hydrogen-bond donors (Lipinski definition) is 7. The molecule has 8 N–H and O–H groups in total. The summed E-state index contributed by atoms with van der Waals surface area (Å²) in [6, 6.07) is 15.1. The first-order valence-corrected chi connectivity index (χ1v) is 24.0. The molecule has 0 amide bonds. The quantitative estimate of drug-likeness (QED) is 0.00876. The fourth-order valence-electron chi connectivity index (χ4n) is 5.77. The largest absolute Gasteiger partial charge is 0.505 e. The van der Waals surface area contributed by atoms with E-state index in [0.717, 1.165) is 54.6 Å². The van der Waals surface area contributed by atoms with Gasteiger partial charge in [-0.1, -0.05) is 11.1 Å². The third-order valence-corrected chi connectivity index (χ3v) is 13.2. The molecule has 0 aromatic heterocycles. The predicted octanol–water partition coefficient (Wildman–Crippen LogP) is 7.66. The first kappa shape index (κ1) is 48.8. The summed E-state index contributed by atoms with van der Waals surface area (Å²) >= 11 is 0.209. The van der Waals surface area contributed by atoms with Crippen LogP contribution in [0.15, 0.2) is 135 Å². The van der Waals surface area contributed by atoms with Crippen LogP contribution in [0.3, 0.4) is 0 Å². The van der Waals surface area contributed by atoms with E-state index in [1.807, 2.05) is 0 Å². The zero-order valence-electron chi connectivity index (χ0n) is 32.2. The van der Waals surface area contributed by atoms with Crippen molar-refractivity contribution in [2.24, 2.45) is 30.7 Å². The molecule has 27 nitrogen and oxygen atoms in total. The van der Waals surface area contributed by atoms with E-state index in [4.69, 9.17) is 15.5 Å². The minimum atomic E-state index is -5.24. The molecule has 0 aliphatic heterocycles. The first-order chi connectivity index (χ1) is 30.9. The minimum Gasteiger partial charge on any atom is -0.505 e. The number of sulfone groups is 1. The van der Waals surface area contributed by atoms with Crippen molar-refractivity contribution >= 4 is 120 Å². The monoisotopic (exact) mass is 1010 g/mol. The Kier molecular flexibility index (Phi) is 14.1. The van der Waals surface area contributed by atoms with E-state index in [2.05, 4.69) is 44.2 Å². The van der Waals surface area contributed by atoms with Crippen LogP contribution in [0.1, 0.15) is 0 Å². The lowest BCUT2D eigenvalue weighted by atomic mass is 10.0. The number of anilines is 1. The second kappa shape index (κ2) is 19.0. The number of non-ortho nitro benzene ring substituents is 1. The lowest BCUT2D eigenvalue weighted by molar-refractivity contribution is -0.432. The van der Waals surface area contributed by atoms with Crippen molar-refractivity contribution in [3.05, 3.63) is 95.0 Å². The topological polar surface area (TPSA) is 429 Å². The molecular formula is C34H26N8O19S5. The average Bonchev–Trinajstić information content (AvgIpc) is 3.23. The van der Waals surface area contributed by atoms with Crippen molar-refractivity contribution in [3.8, 4) is 11.5 Å². The molecule has 32 heteroatoms. The van der Waals surface area contributed by atoms with Gasteiger partial charge >= 0.3 is 10.4 Å². The summed E-state index contributed by atoms with van der Waals surface area (Å²) in [5, 5.41) is 68.5. The van der Waals surface area contributed by atoms with E-state index in [0.29, 0.717) is 0 Å². The molecule has 0 radical (unpaired) electrons. The Hall–Kier alpha value is -6.69. The number of phenolic OH excluding ortho intramolecular Hbond substituents is 2. The fourth-order valence-corrected chi connectivity index (χ4v) is 8.93. The lowest BCUT2D eigenvalue weighted by Gasteiger charge is -2.14. The first-order valence-electron chi connectivity index (χ1n) is 17.3. The number of azo groups is 3. The summed E-state index contributed by atoms with van der Waals surface area (Å²) < 4.78 is 134. The molecule has 0 aliphatic rings. The molecule has 6 rings (SSSR count). The SMILES string of the molecule is Nc1c(N=Nc2ccc(N=Nc3ccc(S(=O)(=O)CCOS(=O)(=O)O)cc3)c3ccc(S(=O)(=O)O)cc23)c(S(=O)(=O)O)cc2cc(SOOO)c(N=Nc3ccc([N+](=O)[O-])cc3O)c(O)c12. The number of phenols is 2. The van der Waals surface area contributed by atoms with Gasteiger partial charge in [0.15, 0.2) is 15.6 Å². The molecule has 0 bridgehead atoms. The second-order valence-corrected chi connectivity index (χ2v) is 19.6. The van der Waals surface area contributed by atoms with Gasteiger partial charge in [0.25, 0.3) is 25.9 Å². The van der Waals surface area contributed by atoms with Crippen LogP contribution in [0.5, 0.6) is 11.5 Å². The summed E-state index contributed by atoms with van der Waals surface area (Å²) in [5.74, 6) is -2.36. The molecule has 0 saturated heterocycles. The molecule has 6 aromatic carbocycles. The summed E-state index contributed by atoms with van der Waals surface area (Å²) in [6.45, 7) is -0.859. The average molecular weight is 1010 g/mol. The molecule has 0 unspecified atom stereocenters. The summed E-state index contributed by atoms with van der Waals surface area (Å²) in [4.78, 5) is 8.19.